The molecule has 1 unspecified atom stereocenters. The SMILES string of the molecule is CCOC(C)=NC(=O)c1ccc([N+](=O)[O-])c(N(C)S(=O)[O-])c1. The van der Waals surface area contributed by atoms with Crippen molar-refractivity contribution >= 4 is 34.4 Å². The summed E-state index contributed by atoms with van der Waals surface area (Å²) < 4.78 is 27.7. The van der Waals surface area contributed by atoms with E-state index in [0.717, 1.165) is 19.2 Å². The zero-order valence-corrected chi connectivity index (χ0v) is 13.0. The molecule has 0 N–H and O–H groups in total. The van der Waals surface area contributed by atoms with Crippen molar-refractivity contribution in [2.75, 3.05) is 18.0 Å². The number of nitro groups is 1. The van der Waals surface area contributed by atoms with Gasteiger partial charge in [-0.2, -0.15) is 4.99 Å². The van der Waals surface area contributed by atoms with E-state index in [1.54, 1.807) is 6.92 Å². The lowest BCUT2D eigenvalue weighted by Crippen LogP contribution is -2.21. The molecule has 0 aliphatic carbocycles. The van der Waals surface area contributed by atoms with E-state index in [4.69, 9.17) is 4.74 Å². The lowest BCUT2D eigenvalue weighted by Gasteiger charge is -2.21. The van der Waals surface area contributed by atoms with Gasteiger partial charge in [-0.3, -0.25) is 23.4 Å². The molecule has 0 saturated heterocycles. The molecule has 1 aromatic carbocycles. The first-order valence-corrected chi connectivity index (χ1v) is 7.15. The number of rotatable bonds is 5. The Balaban J connectivity index is 3.27. The molecule has 22 heavy (non-hydrogen) atoms. The van der Waals surface area contributed by atoms with Crippen molar-refractivity contribution in [1.82, 2.24) is 0 Å². The first kappa shape index (κ1) is 17.7. The molecule has 0 fully saturated rings. The maximum Gasteiger partial charge on any atom is 0.293 e. The predicted molar refractivity (Wildman–Crippen MR) is 79.5 cm³/mol. The van der Waals surface area contributed by atoms with Crippen molar-refractivity contribution < 1.29 is 23.2 Å². The largest absolute Gasteiger partial charge is 0.755 e. The van der Waals surface area contributed by atoms with Crippen LogP contribution in [0, 0.1) is 10.1 Å². The Labute approximate surface area is 129 Å². The van der Waals surface area contributed by atoms with Crippen LogP contribution >= 0.6 is 0 Å². The van der Waals surface area contributed by atoms with Crippen molar-refractivity contribution in [3.05, 3.63) is 33.9 Å². The third-order valence-electron chi connectivity index (χ3n) is 2.59. The van der Waals surface area contributed by atoms with Crippen LogP contribution in [-0.2, 0) is 16.0 Å². The summed E-state index contributed by atoms with van der Waals surface area (Å²) >= 11 is -2.72. The summed E-state index contributed by atoms with van der Waals surface area (Å²) in [6.07, 6.45) is 0. The molecule has 1 aromatic rings. The number of anilines is 1. The Bertz CT molecular complexity index is 646. The van der Waals surface area contributed by atoms with Gasteiger partial charge < -0.3 is 9.29 Å². The quantitative estimate of drug-likeness (QED) is 0.264. The first-order chi connectivity index (χ1) is 10.3. The monoisotopic (exact) mass is 328 g/mol. The van der Waals surface area contributed by atoms with Crippen molar-refractivity contribution in [3.63, 3.8) is 0 Å². The minimum atomic E-state index is -2.72. The normalized spacial score (nSPS) is 12.6. The zero-order chi connectivity index (χ0) is 16.9. The van der Waals surface area contributed by atoms with Crippen LogP contribution in [0.5, 0.6) is 0 Å². The fourth-order valence-electron chi connectivity index (χ4n) is 1.59. The number of carbonyl (C=O) groups is 1. The van der Waals surface area contributed by atoms with Gasteiger partial charge in [0.15, 0.2) is 5.90 Å². The number of aliphatic imine (C=N–C) groups is 1. The topological polar surface area (TPSA) is 125 Å². The van der Waals surface area contributed by atoms with E-state index < -0.39 is 27.8 Å². The Morgan fingerprint density at radius 3 is 2.64 bits per heavy atom. The zero-order valence-electron chi connectivity index (χ0n) is 12.1. The summed E-state index contributed by atoms with van der Waals surface area (Å²) in [7, 11) is 1.13. The molecule has 120 valence electrons. The minimum absolute atomic E-state index is 0.0111. The molecule has 0 aromatic heterocycles. The van der Waals surface area contributed by atoms with Crippen LogP contribution in [0.3, 0.4) is 0 Å². The molecule has 0 aliphatic heterocycles. The Morgan fingerprint density at radius 2 is 2.14 bits per heavy atom. The smallest absolute Gasteiger partial charge is 0.293 e. The van der Waals surface area contributed by atoms with Crippen LogP contribution in [0.1, 0.15) is 24.2 Å². The molecule has 0 spiro atoms. The third kappa shape index (κ3) is 4.33. The average Bonchev–Trinajstić information content (AvgIpc) is 2.45. The second kappa shape index (κ2) is 7.61. The molecule has 9 nitrogen and oxygen atoms in total. The lowest BCUT2D eigenvalue weighted by molar-refractivity contribution is -0.384. The molecule has 0 bridgehead atoms. The molecule has 0 heterocycles. The summed E-state index contributed by atoms with van der Waals surface area (Å²) in [6.45, 7) is 3.56. The molecule has 0 radical (unpaired) electrons. The predicted octanol–water partition coefficient (Wildman–Crippen LogP) is 1.42. The van der Waals surface area contributed by atoms with Gasteiger partial charge in [0.2, 0.25) is 0 Å². The van der Waals surface area contributed by atoms with Crippen molar-refractivity contribution in [3.8, 4) is 0 Å². The number of amides is 1. The molecule has 0 saturated carbocycles. The van der Waals surface area contributed by atoms with Gasteiger partial charge in [0.1, 0.15) is 5.69 Å². The van der Waals surface area contributed by atoms with E-state index in [-0.39, 0.29) is 17.1 Å². The second-order valence-electron chi connectivity index (χ2n) is 4.04. The Kier molecular flexibility index (Phi) is 6.13. The standard InChI is InChI=1S/C12H15N3O6S/c1-4-21-8(2)13-12(16)9-5-6-10(15(17)18)11(7-9)14(3)22(19)20/h5-7H,4H2,1-3H3,(H,19,20)/p-1. The highest BCUT2D eigenvalue weighted by Crippen LogP contribution is 2.29. The fraction of sp³-hybridized carbons (Fsp3) is 0.333. The van der Waals surface area contributed by atoms with E-state index >= 15 is 0 Å². The number of nitrogens with zero attached hydrogens (tertiary/aromatic N) is 3. The van der Waals surface area contributed by atoms with Crippen LogP contribution in [0.25, 0.3) is 0 Å². The van der Waals surface area contributed by atoms with E-state index in [1.165, 1.54) is 13.0 Å². The number of carbonyl (C=O) groups excluding carboxylic acids is 1. The number of hydrogen-bond acceptors (Lipinski definition) is 6. The van der Waals surface area contributed by atoms with E-state index in [0.29, 0.717) is 10.9 Å². The summed E-state index contributed by atoms with van der Waals surface area (Å²) in [5.41, 5.74) is -0.654. The highest BCUT2D eigenvalue weighted by atomic mass is 32.2. The van der Waals surface area contributed by atoms with Crippen molar-refractivity contribution in [2.24, 2.45) is 4.99 Å². The Morgan fingerprint density at radius 1 is 1.50 bits per heavy atom. The van der Waals surface area contributed by atoms with Gasteiger partial charge in [-0.1, -0.05) is 0 Å². The maximum atomic E-state index is 11.9. The van der Waals surface area contributed by atoms with Gasteiger partial charge in [-0.15, -0.1) is 0 Å². The first-order valence-electron chi connectivity index (χ1n) is 6.11. The maximum absolute atomic E-state index is 11.9. The van der Waals surface area contributed by atoms with E-state index in [1.807, 2.05) is 0 Å². The molecule has 1 atom stereocenters. The molecule has 1 rings (SSSR count). The third-order valence-corrected chi connectivity index (χ3v) is 3.24. The van der Waals surface area contributed by atoms with Crippen LogP contribution in [-0.4, -0.2) is 39.1 Å². The van der Waals surface area contributed by atoms with Gasteiger partial charge in [-0.05, 0) is 19.1 Å². The highest BCUT2D eigenvalue weighted by Gasteiger charge is 2.20. The number of benzene rings is 1. The van der Waals surface area contributed by atoms with Gasteiger partial charge in [0.05, 0.1) is 11.5 Å². The summed E-state index contributed by atoms with van der Waals surface area (Å²) in [5.74, 6) is -0.541. The van der Waals surface area contributed by atoms with E-state index in [9.17, 15) is 23.7 Å². The molecule has 1 amide bonds. The number of nitro benzene ring substituents is 1. The van der Waals surface area contributed by atoms with Gasteiger partial charge >= 0.3 is 0 Å². The summed E-state index contributed by atoms with van der Waals surface area (Å²) in [4.78, 5) is 25.8. The van der Waals surface area contributed by atoms with Crippen LogP contribution < -0.4 is 4.31 Å². The molecular formula is C12H14N3O6S-. The minimum Gasteiger partial charge on any atom is -0.755 e. The molecule has 0 aliphatic rings. The lowest BCUT2D eigenvalue weighted by atomic mass is 10.1. The molecule has 10 heteroatoms. The average molecular weight is 328 g/mol. The second-order valence-corrected chi connectivity index (χ2v) is 5.03. The fourth-order valence-corrected chi connectivity index (χ4v) is 1.90. The van der Waals surface area contributed by atoms with Gasteiger partial charge in [-0.25, -0.2) is 0 Å². The van der Waals surface area contributed by atoms with Gasteiger partial charge in [0.25, 0.3) is 11.6 Å². The van der Waals surface area contributed by atoms with Gasteiger partial charge in [0, 0.05) is 36.9 Å². The highest BCUT2D eigenvalue weighted by molar-refractivity contribution is 7.80. The number of hydrogen-bond donors (Lipinski definition) is 0. The summed E-state index contributed by atoms with van der Waals surface area (Å²) in [5, 5.41) is 10.9. The van der Waals surface area contributed by atoms with Crippen LogP contribution in [0.4, 0.5) is 11.4 Å². The van der Waals surface area contributed by atoms with Crippen molar-refractivity contribution in [2.45, 2.75) is 13.8 Å². The Hall–Kier alpha value is -2.33. The van der Waals surface area contributed by atoms with Crippen LogP contribution in [0.15, 0.2) is 23.2 Å². The molecular weight excluding hydrogens is 314 g/mol. The van der Waals surface area contributed by atoms with Crippen molar-refractivity contribution in [1.29, 1.82) is 0 Å². The van der Waals surface area contributed by atoms with E-state index in [2.05, 4.69) is 4.99 Å². The summed E-state index contributed by atoms with van der Waals surface area (Å²) in [6, 6.07) is 3.35. The van der Waals surface area contributed by atoms with Crippen LogP contribution in [0.2, 0.25) is 0 Å². The number of ether oxygens (including phenoxy) is 1.